The van der Waals surface area contributed by atoms with E-state index >= 15 is 0 Å². The summed E-state index contributed by atoms with van der Waals surface area (Å²) in [4.78, 5) is 0. The van der Waals surface area contributed by atoms with Gasteiger partial charge in [-0.15, -0.1) is 0 Å². The molecule has 0 saturated carbocycles. The van der Waals surface area contributed by atoms with Crippen LogP contribution in [0.1, 0.15) is 0 Å². The Morgan fingerprint density at radius 3 is 2.00 bits per heavy atom. The average molecular weight is 80.1 g/mol. The summed E-state index contributed by atoms with van der Waals surface area (Å²) in [5.74, 6) is 0. The van der Waals surface area contributed by atoms with Gasteiger partial charge in [-0.25, -0.2) is 6.08 Å². The van der Waals surface area contributed by atoms with Crippen LogP contribution in [0.3, 0.4) is 0 Å². The standard InChI is InChI=1S/C3H5O.Na/c1-2-3-4;/h1-2,4H,3H2;/q-1;+1. The van der Waals surface area contributed by atoms with Crippen LogP contribution in [0.4, 0.5) is 0 Å². The fourth-order valence-corrected chi connectivity index (χ4v) is 0. The summed E-state index contributed by atoms with van der Waals surface area (Å²) in [6, 6.07) is 0. The molecular weight excluding hydrogens is 75.0 g/mol. The van der Waals surface area contributed by atoms with E-state index < -0.39 is 0 Å². The topological polar surface area (TPSA) is 20.2 Å². The molecule has 1 N–H and O–H groups in total. The van der Waals surface area contributed by atoms with Crippen LogP contribution in [-0.2, 0) is 0 Å². The molecule has 0 atom stereocenters. The van der Waals surface area contributed by atoms with Crippen molar-refractivity contribution in [2.45, 2.75) is 0 Å². The van der Waals surface area contributed by atoms with Crippen LogP contribution >= 0.6 is 0 Å². The molecule has 2 heteroatoms. The molecule has 0 amide bonds. The number of hydrogen-bond acceptors (Lipinski definition) is 1. The van der Waals surface area contributed by atoms with Crippen LogP contribution in [-0.4, -0.2) is 11.7 Å². The van der Waals surface area contributed by atoms with Gasteiger partial charge >= 0.3 is 29.6 Å². The molecule has 0 fully saturated rings. The van der Waals surface area contributed by atoms with Crippen molar-refractivity contribution in [1.82, 2.24) is 0 Å². The summed E-state index contributed by atoms with van der Waals surface area (Å²) >= 11 is 0. The van der Waals surface area contributed by atoms with Gasteiger partial charge in [0.25, 0.3) is 0 Å². The number of rotatable bonds is 1. The fourth-order valence-electron chi connectivity index (χ4n) is 0. The molecule has 0 radical (unpaired) electrons. The van der Waals surface area contributed by atoms with Crippen molar-refractivity contribution in [3.8, 4) is 0 Å². The minimum Gasteiger partial charge on any atom is -0.516 e. The Kier molecular flexibility index (Phi) is 16.2. The molecule has 0 heterocycles. The summed E-state index contributed by atoms with van der Waals surface area (Å²) in [5.41, 5.74) is 0. The van der Waals surface area contributed by atoms with Gasteiger partial charge in [0.05, 0.1) is 0 Å². The third kappa shape index (κ3) is 11.9. The number of aliphatic hydroxyl groups is 1. The first-order chi connectivity index (χ1) is 1.91. The van der Waals surface area contributed by atoms with E-state index in [1.54, 1.807) is 0 Å². The van der Waals surface area contributed by atoms with E-state index in [0.717, 1.165) is 0 Å². The van der Waals surface area contributed by atoms with Crippen molar-refractivity contribution >= 4 is 0 Å². The summed E-state index contributed by atoms with van der Waals surface area (Å²) in [6.07, 6.45) is 1.18. The van der Waals surface area contributed by atoms with Crippen molar-refractivity contribution in [2.75, 3.05) is 6.61 Å². The van der Waals surface area contributed by atoms with Crippen molar-refractivity contribution < 1.29 is 34.7 Å². The van der Waals surface area contributed by atoms with E-state index in [1.807, 2.05) is 0 Å². The smallest absolute Gasteiger partial charge is 0.516 e. The molecule has 0 spiro atoms. The van der Waals surface area contributed by atoms with Crippen LogP contribution in [0.15, 0.2) is 6.08 Å². The minimum absolute atomic E-state index is 0. The van der Waals surface area contributed by atoms with Crippen molar-refractivity contribution in [3.63, 3.8) is 0 Å². The molecule has 0 bridgehead atoms. The molecule has 1 nitrogen and oxygen atoms in total. The van der Waals surface area contributed by atoms with Gasteiger partial charge in [0.2, 0.25) is 0 Å². The Morgan fingerprint density at radius 2 is 2.00 bits per heavy atom. The molecule has 5 heavy (non-hydrogen) atoms. The normalized spacial score (nSPS) is 5.00. The molecule has 0 aromatic rings. The largest absolute Gasteiger partial charge is 1.00 e. The summed E-state index contributed by atoms with van der Waals surface area (Å²) in [6.45, 7) is 4.62. The van der Waals surface area contributed by atoms with E-state index in [0.29, 0.717) is 0 Å². The van der Waals surface area contributed by atoms with Gasteiger partial charge in [0.15, 0.2) is 0 Å². The third-order valence-corrected chi connectivity index (χ3v) is 0.105. The second-order valence-electron chi connectivity index (χ2n) is 0.418. The van der Waals surface area contributed by atoms with E-state index in [9.17, 15) is 0 Å². The second-order valence-corrected chi connectivity index (χ2v) is 0.418. The maximum atomic E-state index is 7.69. The Bertz CT molecular complexity index is 20.9. The van der Waals surface area contributed by atoms with E-state index in [1.165, 1.54) is 6.08 Å². The minimum atomic E-state index is -0.0278. The first-order valence-corrected chi connectivity index (χ1v) is 1.06. The SMILES string of the molecule is [CH-]=CCO.[Na+]. The van der Waals surface area contributed by atoms with Gasteiger partial charge in [-0.1, -0.05) is 0 Å². The van der Waals surface area contributed by atoms with Gasteiger partial charge < -0.3 is 11.7 Å². The van der Waals surface area contributed by atoms with Gasteiger partial charge in [-0.2, -0.15) is 0 Å². The summed E-state index contributed by atoms with van der Waals surface area (Å²) in [5, 5.41) is 7.69. The first-order valence-electron chi connectivity index (χ1n) is 1.06. The van der Waals surface area contributed by atoms with Gasteiger partial charge in [0.1, 0.15) is 0 Å². The maximum absolute atomic E-state index is 7.69. The predicted octanol–water partition coefficient (Wildman–Crippen LogP) is -3.03. The Balaban J connectivity index is 0. The van der Waals surface area contributed by atoms with Crippen LogP contribution in [0.25, 0.3) is 0 Å². The van der Waals surface area contributed by atoms with Crippen LogP contribution in [0.5, 0.6) is 0 Å². The second kappa shape index (κ2) is 8.83. The molecule has 0 aliphatic rings. The Morgan fingerprint density at radius 1 is 1.80 bits per heavy atom. The molecule has 0 aliphatic carbocycles. The zero-order valence-corrected chi connectivity index (χ0v) is 5.31. The predicted molar refractivity (Wildman–Crippen MR) is 16.0 cm³/mol. The maximum Gasteiger partial charge on any atom is 1.00 e. The molecule has 0 aliphatic heterocycles. The number of aliphatic hydroxyl groups excluding tert-OH is 1. The van der Waals surface area contributed by atoms with Gasteiger partial charge in [0, 0.05) is 6.61 Å². The Hall–Kier alpha value is 0.700. The average Bonchev–Trinajstić information content (AvgIpc) is 1.37. The van der Waals surface area contributed by atoms with Crippen molar-refractivity contribution in [3.05, 3.63) is 12.7 Å². The number of hydrogen-bond donors (Lipinski definition) is 1. The molecule has 0 saturated heterocycles. The zero-order chi connectivity index (χ0) is 3.41. The van der Waals surface area contributed by atoms with Gasteiger partial charge in [-0.3, -0.25) is 0 Å². The molecule has 0 aromatic heterocycles. The molecule has 0 aromatic carbocycles. The monoisotopic (exact) mass is 80.0 g/mol. The van der Waals surface area contributed by atoms with Crippen molar-refractivity contribution in [2.24, 2.45) is 0 Å². The molecule has 0 unspecified atom stereocenters. The van der Waals surface area contributed by atoms with E-state index in [-0.39, 0.29) is 36.2 Å². The quantitative estimate of drug-likeness (QED) is 0.262. The molecular formula is C3H5NaO. The summed E-state index contributed by atoms with van der Waals surface area (Å²) < 4.78 is 0. The van der Waals surface area contributed by atoms with Gasteiger partial charge in [-0.05, 0) is 0 Å². The van der Waals surface area contributed by atoms with E-state index in [4.69, 9.17) is 5.11 Å². The fraction of sp³-hybridized carbons (Fsp3) is 0.333. The zero-order valence-electron chi connectivity index (χ0n) is 3.31. The Labute approximate surface area is 54.0 Å². The molecule has 0 rings (SSSR count). The molecule has 24 valence electrons. The van der Waals surface area contributed by atoms with Crippen LogP contribution in [0.2, 0.25) is 0 Å². The first kappa shape index (κ1) is 9.20. The van der Waals surface area contributed by atoms with Crippen LogP contribution in [0, 0.1) is 6.58 Å². The third-order valence-electron chi connectivity index (χ3n) is 0.105. The van der Waals surface area contributed by atoms with E-state index in [2.05, 4.69) is 6.58 Å². The van der Waals surface area contributed by atoms with Crippen molar-refractivity contribution in [1.29, 1.82) is 0 Å². The summed E-state index contributed by atoms with van der Waals surface area (Å²) in [7, 11) is 0. The van der Waals surface area contributed by atoms with Crippen LogP contribution < -0.4 is 29.6 Å².